The monoisotopic (exact) mass is 245 g/mol. The minimum atomic E-state index is -0.990. The third-order valence-electron chi connectivity index (χ3n) is 2.78. The molecule has 0 fully saturated rings. The maximum Gasteiger partial charge on any atom is 0.341 e. The van der Waals surface area contributed by atoms with Gasteiger partial charge in [0.2, 0.25) is 0 Å². The third kappa shape index (κ3) is 2.27. The van der Waals surface area contributed by atoms with Gasteiger partial charge in [0.15, 0.2) is 5.76 Å². The molecule has 1 heterocycles. The van der Waals surface area contributed by atoms with Crippen molar-refractivity contribution in [3.63, 3.8) is 0 Å². The van der Waals surface area contributed by atoms with Crippen LogP contribution in [0.3, 0.4) is 0 Å². The zero-order chi connectivity index (χ0) is 13.1. The molecule has 0 atom stereocenters. The summed E-state index contributed by atoms with van der Waals surface area (Å²) in [7, 11) is 0. The Kier molecular flexibility index (Phi) is 3.46. The van der Waals surface area contributed by atoms with Crippen LogP contribution in [-0.2, 0) is 6.42 Å². The quantitative estimate of drug-likeness (QED) is 0.897. The Labute approximate surface area is 105 Å². The van der Waals surface area contributed by atoms with E-state index in [0.29, 0.717) is 17.9 Å². The summed E-state index contributed by atoms with van der Waals surface area (Å²) in [5, 5.41) is 13.2. The van der Waals surface area contributed by atoms with Crippen LogP contribution < -0.4 is 0 Å². The topological polar surface area (TPSA) is 63.3 Å². The fourth-order valence-corrected chi connectivity index (χ4v) is 1.85. The number of carboxylic acids is 1. The number of aryl methyl sites for hydroxylation is 2. The second kappa shape index (κ2) is 5.04. The fourth-order valence-electron chi connectivity index (χ4n) is 1.85. The lowest BCUT2D eigenvalue weighted by Crippen LogP contribution is -2.01. The molecule has 18 heavy (non-hydrogen) atoms. The highest BCUT2D eigenvalue weighted by Gasteiger charge is 2.22. The zero-order valence-electron chi connectivity index (χ0n) is 10.4. The summed E-state index contributed by atoms with van der Waals surface area (Å²) < 4.78 is 5.15. The number of hydrogen-bond donors (Lipinski definition) is 1. The molecule has 0 amide bonds. The van der Waals surface area contributed by atoms with Gasteiger partial charge in [0.1, 0.15) is 11.3 Å². The van der Waals surface area contributed by atoms with Gasteiger partial charge in [0, 0.05) is 12.0 Å². The van der Waals surface area contributed by atoms with E-state index >= 15 is 0 Å². The van der Waals surface area contributed by atoms with Gasteiger partial charge in [-0.3, -0.25) is 0 Å². The van der Waals surface area contributed by atoms with E-state index in [1.54, 1.807) is 0 Å². The van der Waals surface area contributed by atoms with Crippen LogP contribution in [0.15, 0.2) is 28.8 Å². The van der Waals surface area contributed by atoms with Crippen LogP contribution in [0, 0.1) is 6.92 Å². The molecule has 94 valence electrons. The molecule has 0 bridgehead atoms. The minimum absolute atomic E-state index is 0.181. The molecule has 1 aromatic heterocycles. The Morgan fingerprint density at radius 3 is 2.56 bits per heavy atom. The zero-order valence-corrected chi connectivity index (χ0v) is 10.4. The van der Waals surface area contributed by atoms with Crippen molar-refractivity contribution in [3.8, 4) is 11.3 Å². The SMILES string of the molecule is CCCc1onc(-c2ccc(C)cc2)c1C(=O)O. The lowest BCUT2D eigenvalue weighted by atomic mass is 10.0. The molecule has 0 aliphatic heterocycles. The van der Waals surface area contributed by atoms with E-state index in [1.807, 2.05) is 38.1 Å². The Bertz CT molecular complexity index is 555. The summed E-state index contributed by atoms with van der Waals surface area (Å²) in [4.78, 5) is 11.3. The van der Waals surface area contributed by atoms with E-state index in [9.17, 15) is 9.90 Å². The molecule has 1 N–H and O–H groups in total. The average molecular weight is 245 g/mol. The van der Waals surface area contributed by atoms with E-state index in [2.05, 4.69) is 5.16 Å². The molecule has 0 spiro atoms. The summed E-state index contributed by atoms with van der Waals surface area (Å²) in [6.07, 6.45) is 1.41. The number of hydrogen-bond acceptors (Lipinski definition) is 3. The molecule has 0 unspecified atom stereocenters. The van der Waals surface area contributed by atoms with Crippen molar-refractivity contribution in [3.05, 3.63) is 41.2 Å². The fraction of sp³-hybridized carbons (Fsp3) is 0.286. The van der Waals surface area contributed by atoms with Gasteiger partial charge in [-0.25, -0.2) is 4.79 Å². The van der Waals surface area contributed by atoms with Crippen LogP contribution >= 0.6 is 0 Å². The number of nitrogens with zero attached hydrogens (tertiary/aromatic N) is 1. The van der Waals surface area contributed by atoms with E-state index in [0.717, 1.165) is 17.5 Å². The van der Waals surface area contributed by atoms with E-state index in [-0.39, 0.29) is 5.56 Å². The van der Waals surface area contributed by atoms with Crippen molar-refractivity contribution in [2.24, 2.45) is 0 Å². The third-order valence-corrected chi connectivity index (χ3v) is 2.78. The number of aromatic nitrogens is 1. The van der Waals surface area contributed by atoms with Crippen molar-refractivity contribution >= 4 is 5.97 Å². The summed E-state index contributed by atoms with van der Waals surface area (Å²) >= 11 is 0. The van der Waals surface area contributed by atoms with Crippen LogP contribution in [0.25, 0.3) is 11.3 Å². The maximum absolute atomic E-state index is 11.3. The van der Waals surface area contributed by atoms with Gasteiger partial charge in [0.25, 0.3) is 0 Å². The lowest BCUT2D eigenvalue weighted by molar-refractivity contribution is 0.0695. The highest BCUT2D eigenvalue weighted by atomic mass is 16.5. The number of carboxylic acid groups (broad SMARTS) is 1. The Morgan fingerprint density at radius 1 is 1.33 bits per heavy atom. The second-order valence-electron chi connectivity index (χ2n) is 4.25. The first-order chi connectivity index (χ1) is 8.63. The van der Waals surface area contributed by atoms with Crippen molar-refractivity contribution in [2.45, 2.75) is 26.7 Å². The normalized spacial score (nSPS) is 10.6. The van der Waals surface area contributed by atoms with Gasteiger partial charge in [-0.15, -0.1) is 0 Å². The second-order valence-corrected chi connectivity index (χ2v) is 4.25. The molecule has 4 heteroatoms. The predicted octanol–water partition coefficient (Wildman–Crippen LogP) is 3.30. The summed E-state index contributed by atoms with van der Waals surface area (Å²) in [6.45, 7) is 3.95. The van der Waals surface area contributed by atoms with Gasteiger partial charge in [0.05, 0.1) is 0 Å². The van der Waals surface area contributed by atoms with Crippen LogP contribution in [-0.4, -0.2) is 16.2 Å². The van der Waals surface area contributed by atoms with Crippen molar-refractivity contribution in [1.29, 1.82) is 0 Å². The molecule has 1 aromatic carbocycles. The van der Waals surface area contributed by atoms with E-state index in [1.165, 1.54) is 0 Å². The Balaban J connectivity index is 2.50. The number of rotatable bonds is 4. The van der Waals surface area contributed by atoms with Crippen LogP contribution in [0.4, 0.5) is 0 Å². The first-order valence-corrected chi connectivity index (χ1v) is 5.92. The van der Waals surface area contributed by atoms with Gasteiger partial charge in [-0.2, -0.15) is 0 Å². The molecule has 2 rings (SSSR count). The maximum atomic E-state index is 11.3. The van der Waals surface area contributed by atoms with Crippen molar-refractivity contribution in [1.82, 2.24) is 5.16 Å². The number of benzene rings is 1. The first-order valence-electron chi connectivity index (χ1n) is 5.92. The molecule has 0 saturated heterocycles. The van der Waals surface area contributed by atoms with E-state index in [4.69, 9.17) is 4.52 Å². The summed E-state index contributed by atoms with van der Waals surface area (Å²) in [5.41, 5.74) is 2.48. The van der Waals surface area contributed by atoms with Gasteiger partial charge in [-0.05, 0) is 13.3 Å². The average Bonchev–Trinajstić information content (AvgIpc) is 2.74. The van der Waals surface area contributed by atoms with Crippen LogP contribution in [0.5, 0.6) is 0 Å². The first kappa shape index (κ1) is 12.4. The molecule has 0 aliphatic rings. The van der Waals surface area contributed by atoms with Gasteiger partial charge in [-0.1, -0.05) is 41.9 Å². The minimum Gasteiger partial charge on any atom is -0.477 e. The standard InChI is InChI=1S/C14H15NO3/c1-3-4-11-12(14(16)17)13(15-18-11)10-7-5-9(2)6-8-10/h5-8H,3-4H2,1-2H3,(H,16,17). The largest absolute Gasteiger partial charge is 0.477 e. The Hall–Kier alpha value is -2.10. The molecule has 4 nitrogen and oxygen atoms in total. The molecule has 0 saturated carbocycles. The predicted molar refractivity (Wildman–Crippen MR) is 67.6 cm³/mol. The highest BCUT2D eigenvalue weighted by molar-refractivity contribution is 5.95. The van der Waals surface area contributed by atoms with Crippen molar-refractivity contribution < 1.29 is 14.4 Å². The number of carbonyl (C=O) groups is 1. The molecular formula is C14H15NO3. The van der Waals surface area contributed by atoms with Crippen molar-refractivity contribution in [2.75, 3.05) is 0 Å². The molecule has 2 aromatic rings. The number of aromatic carboxylic acids is 1. The molecule has 0 radical (unpaired) electrons. The van der Waals surface area contributed by atoms with Gasteiger partial charge >= 0.3 is 5.97 Å². The summed E-state index contributed by atoms with van der Waals surface area (Å²) in [6, 6.07) is 7.56. The van der Waals surface area contributed by atoms with Gasteiger partial charge < -0.3 is 9.63 Å². The Morgan fingerprint density at radius 2 is 2.00 bits per heavy atom. The van der Waals surface area contributed by atoms with E-state index < -0.39 is 5.97 Å². The smallest absolute Gasteiger partial charge is 0.341 e. The lowest BCUT2D eigenvalue weighted by Gasteiger charge is -1.99. The molecular weight excluding hydrogens is 230 g/mol. The van der Waals surface area contributed by atoms with Crippen LogP contribution in [0.2, 0.25) is 0 Å². The molecule has 0 aliphatic carbocycles. The van der Waals surface area contributed by atoms with Crippen LogP contribution in [0.1, 0.15) is 35.0 Å². The summed E-state index contributed by atoms with van der Waals surface area (Å²) in [5.74, 6) is -0.546. The highest BCUT2D eigenvalue weighted by Crippen LogP contribution is 2.26.